The van der Waals surface area contributed by atoms with Gasteiger partial charge in [-0.1, -0.05) is 0 Å². The molecule has 0 aliphatic heterocycles. The number of alkyl halides is 2. The third-order valence-corrected chi connectivity index (χ3v) is 2.13. The normalized spacial score (nSPS) is 10.6. The lowest BCUT2D eigenvalue weighted by molar-refractivity contribution is 0.872. The molecule has 0 radical (unpaired) electrons. The highest BCUT2D eigenvalue weighted by molar-refractivity contribution is 6.17. The third-order valence-electron chi connectivity index (χ3n) is 1.60. The number of nitrogens with zero attached hydrogens (tertiary/aromatic N) is 2. The lowest BCUT2D eigenvalue weighted by Gasteiger charge is -2.12. The molecule has 0 unspecified atom stereocenters. The number of nitrogens with one attached hydrogen (secondary N) is 1. The van der Waals surface area contributed by atoms with Crippen LogP contribution in [-0.2, 0) is 11.8 Å². The molecule has 1 aromatic rings. The second-order valence-corrected chi connectivity index (χ2v) is 3.76. The van der Waals surface area contributed by atoms with Crippen molar-refractivity contribution >= 4 is 29.0 Å². The highest BCUT2D eigenvalue weighted by atomic mass is 35.5. The molecule has 1 N–H and O–H groups in total. The van der Waals surface area contributed by atoms with Crippen LogP contribution in [0.1, 0.15) is 25.2 Å². The molecule has 0 spiro atoms. The maximum atomic E-state index is 5.76. The Balaban J connectivity index is 2.96. The minimum absolute atomic E-state index is 0.315. The van der Waals surface area contributed by atoms with Crippen LogP contribution in [-0.4, -0.2) is 16.0 Å². The predicted octanol–water partition coefficient (Wildman–Crippen LogP) is 2.77. The summed E-state index contributed by atoms with van der Waals surface area (Å²) in [4.78, 5) is 8.33. The van der Waals surface area contributed by atoms with Gasteiger partial charge < -0.3 is 5.32 Å². The van der Waals surface area contributed by atoms with Crippen molar-refractivity contribution in [2.45, 2.75) is 31.6 Å². The fourth-order valence-corrected chi connectivity index (χ4v) is 1.33. The van der Waals surface area contributed by atoms with Crippen molar-refractivity contribution in [2.24, 2.45) is 0 Å². The van der Waals surface area contributed by atoms with Crippen molar-refractivity contribution in [1.29, 1.82) is 0 Å². The van der Waals surface area contributed by atoms with Gasteiger partial charge in [-0.15, -0.1) is 23.2 Å². The molecule has 0 saturated carbocycles. The molecule has 3 nitrogen and oxygen atoms in total. The Kier molecular flexibility index (Phi) is 4.42. The molecule has 0 saturated heterocycles. The number of aromatic nitrogens is 2. The Morgan fingerprint density at radius 2 is 2.07 bits per heavy atom. The Morgan fingerprint density at radius 1 is 1.36 bits per heavy atom. The van der Waals surface area contributed by atoms with E-state index in [2.05, 4.69) is 15.3 Å². The summed E-state index contributed by atoms with van der Waals surface area (Å²) >= 11 is 11.4. The van der Waals surface area contributed by atoms with E-state index < -0.39 is 0 Å². The van der Waals surface area contributed by atoms with E-state index in [0.29, 0.717) is 23.6 Å². The summed E-state index contributed by atoms with van der Waals surface area (Å²) in [6.07, 6.45) is 1.71. The van der Waals surface area contributed by atoms with Gasteiger partial charge in [-0.3, -0.25) is 0 Å². The minimum Gasteiger partial charge on any atom is -0.368 e. The summed E-state index contributed by atoms with van der Waals surface area (Å²) in [6.45, 7) is 4.08. The van der Waals surface area contributed by atoms with Gasteiger partial charge in [0.2, 0.25) is 0 Å². The maximum absolute atomic E-state index is 5.76. The van der Waals surface area contributed by atoms with Crippen molar-refractivity contribution in [3.63, 3.8) is 0 Å². The molecule has 78 valence electrons. The zero-order valence-corrected chi connectivity index (χ0v) is 9.73. The zero-order valence-electron chi connectivity index (χ0n) is 8.22. The largest absolute Gasteiger partial charge is 0.368 e. The zero-order chi connectivity index (χ0) is 10.6. The van der Waals surface area contributed by atoms with Crippen molar-refractivity contribution < 1.29 is 0 Å². The molecule has 1 aromatic heterocycles. The fourth-order valence-electron chi connectivity index (χ4n) is 1.00. The van der Waals surface area contributed by atoms with E-state index in [0.717, 1.165) is 11.4 Å². The third kappa shape index (κ3) is 3.00. The SMILES string of the molecule is CC(C)Nc1nc(CCl)ncc1CCl. The Hall–Kier alpha value is -0.540. The summed E-state index contributed by atoms with van der Waals surface area (Å²) in [6, 6.07) is 0.315. The maximum Gasteiger partial charge on any atom is 0.145 e. The van der Waals surface area contributed by atoms with Crippen LogP contribution >= 0.6 is 23.2 Å². The lowest BCUT2D eigenvalue weighted by Crippen LogP contribution is -2.14. The first-order valence-electron chi connectivity index (χ1n) is 4.40. The second kappa shape index (κ2) is 5.37. The smallest absolute Gasteiger partial charge is 0.145 e. The molecule has 0 fully saturated rings. The van der Waals surface area contributed by atoms with Gasteiger partial charge in [-0.25, -0.2) is 9.97 Å². The van der Waals surface area contributed by atoms with Crippen LogP contribution in [0.25, 0.3) is 0 Å². The number of halogens is 2. The van der Waals surface area contributed by atoms with Crippen LogP contribution in [0, 0.1) is 0 Å². The van der Waals surface area contributed by atoms with E-state index in [1.54, 1.807) is 6.20 Å². The monoisotopic (exact) mass is 233 g/mol. The first-order chi connectivity index (χ1) is 6.67. The highest BCUT2D eigenvalue weighted by Crippen LogP contribution is 2.15. The van der Waals surface area contributed by atoms with Gasteiger partial charge in [0.15, 0.2) is 0 Å². The van der Waals surface area contributed by atoms with Crippen LogP contribution in [0.5, 0.6) is 0 Å². The van der Waals surface area contributed by atoms with Crippen molar-refractivity contribution in [2.75, 3.05) is 5.32 Å². The standard InChI is InChI=1S/C9H13Cl2N3/c1-6(2)13-9-7(3-10)5-12-8(4-11)14-9/h5-6H,3-4H2,1-2H3,(H,12,13,14). The summed E-state index contributed by atoms with van der Waals surface area (Å²) in [5.41, 5.74) is 0.897. The fraction of sp³-hybridized carbons (Fsp3) is 0.556. The van der Waals surface area contributed by atoms with Crippen LogP contribution < -0.4 is 5.32 Å². The van der Waals surface area contributed by atoms with Gasteiger partial charge >= 0.3 is 0 Å². The van der Waals surface area contributed by atoms with Crippen molar-refractivity contribution in [3.05, 3.63) is 17.6 Å². The van der Waals surface area contributed by atoms with E-state index in [9.17, 15) is 0 Å². The molecule has 0 atom stereocenters. The molecular weight excluding hydrogens is 221 g/mol. The summed E-state index contributed by atoms with van der Waals surface area (Å²) in [7, 11) is 0. The van der Waals surface area contributed by atoms with Gasteiger partial charge in [0.25, 0.3) is 0 Å². The van der Waals surface area contributed by atoms with Crippen LogP contribution in [0.15, 0.2) is 6.20 Å². The van der Waals surface area contributed by atoms with E-state index in [4.69, 9.17) is 23.2 Å². The molecule has 0 bridgehead atoms. The van der Waals surface area contributed by atoms with Gasteiger partial charge in [0, 0.05) is 17.8 Å². The van der Waals surface area contributed by atoms with Gasteiger partial charge in [0.1, 0.15) is 11.6 Å². The molecular formula is C9H13Cl2N3. The summed E-state index contributed by atoms with van der Waals surface area (Å²) in [5, 5.41) is 3.20. The Morgan fingerprint density at radius 3 is 2.57 bits per heavy atom. The average Bonchev–Trinajstić information content (AvgIpc) is 2.16. The summed E-state index contributed by atoms with van der Waals surface area (Å²) in [5.74, 6) is 2.11. The first-order valence-corrected chi connectivity index (χ1v) is 5.47. The van der Waals surface area contributed by atoms with Gasteiger partial charge in [-0.2, -0.15) is 0 Å². The topological polar surface area (TPSA) is 37.8 Å². The minimum atomic E-state index is 0.315. The molecule has 0 aliphatic rings. The molecule has 14 heavy (non-hydrogen) atoms. The number of anilines is 1. The quantitative estimate of drug-likeness (QED) is 0.814. The van der Waals surface area contributed by atoms with E-state index in [1.165, 1.54) is 0 Å². The van der Waals surface area contributed by atoms with Crippen LogP contribution in [0.2, 0.25) is 0 Å². The second-order valence-electron chi connectivity index (χ2n) is 3.23. The molecule has 1 rings (SSSR count). The highest BCUT2D eigenvalue weighted by Gasteiger charge is 2.06. The number of hydrogen-bond acceptors (Lipinski definition) is 3. The molecule has 5 heteroatoms. The molecule has 0 aromatic carbocycles. The summed E-state index contributed by atoms with van der Waals surface area (Å²) < 4.78 is 0. The predicted molar refractivity (Wildman–Crippen MR) is 59.9 cm³/mol. The Bertz CT molecular complexity index is 302. The number of rotatable bonds is 4. The van der Waals surface area contributed by atoms with Crippen molar-refractivity contribution in [1.82, 2.24) is 9.97 Å². The van der Waals surface area contributed by atoms with Crippen molar-refractivity contribution in [3.8, 4) is 0 Å². The van der Waals surface area contributed by atoms with E-state index in [1.807, 2.05) is 13.8 Å². The molecule has 1 heterocycles. The van der Waals surface area contributed by atoms with E-state index in [-0.39, 0.29) is 0 Å². The van der Waals surface area contributed by atoms with E-state index >= 15 is 0 Å². The van der Waals surface area contributed by atoms with Gasteiger partial charge in [-0.05, 0) is 13.8 Å². The first kappa shape index (κ1) is 11.5. The lowest BCUT2D eigenvalue weighted by atomic mass is 10.3. The Labute approximate surface area is 93.9 Å². The van der Waals surface area contributed by atoms with Gasteiger partial charge in [0.05, 0.1) is 11.8 Å². The van der Waals surface area contributed by atoms with Crippen LogP contribution in [0.4, 0.5) is 5.82 Å². The molecule has 0 aliphatic carbocycles. The molecule has 0 amide bonds. The van der Waals surface area contributed by atoms with Crippen LogP contribution in [0.3, 0.4) is 0 Å². The number of hydrogen-bond donors (Lipinski definition) is 1. The average molecular weight is 234 g/mol.